The molecule has 1 aliphatic rings. The topological polar surface area (TPSA) is 96.5 Å². The van der Waals surface area contributed by atoms with E-state index >= 15 is 0 Å². The number of aryl methyl sites for hydroxylation is 2. The molecule has 0 spiro atoms. The molecule has 0 fully saturated rings. The zero-order valence-electron chi connectivity index (χ0n) is 17.1. The van der Waals surface area contributed by atoms with Crippen LogP contribution in [0.3, 0.4) is 0 Å². The zero-order valence-corrected chi connectivity index (χ0v) is 17.9. The third-order valence-corrected chi connectivity index (χ3v) is 7.47. The number of sulfone groups is 1. The van der Waals surface area contributed by atoms with Crippen LogP contribution in [0, 0.1) is 6.92 Å². The molecule has 0 amide bonds. The summed E-state index contributed by atoms with van der Waals surface area (Å²) in [6.45, 7) is 2.88. The van der Waals surface area contributed by atoms with Crippen molar-refractivity contribution in [2.24, 2.45) is 5.73 Å². The predicted octanol–water partition coefficient (Wildman–Crippen LogP) is 2.59. The highest BCUT2D eigenvalue weighted by Gasteiger charge is 2.26. The number of nitrogens with zero attached hydrogens (tertiary/aromatic N) is 2. The average Bonchev–Trinajstić information content (AvgIpc) is 2.88. The summed E-state index contributed by atoms with van der Waals surface area (Å²) >= 11 is 0. The minimum Gasteiger partial charge on any atom is -0.395 e. The second kappa shape index (κ2) is 8.34. The summed E-state index contributed by atoms with van der Waals surface area (Å²) in [6.07, 6.45) is 1.39. The molecule has 4 rings (SSSR count). The average molecular weight is 426 g/mol. The molecule has 0 aliphatic carbocycles. The first-order valence-corrected chi connectivity index (χ1v) is 11.8. The van der Waals surface area contributed by atoms with Crippen LogP contribution >= 0.6 is 0 Å². The van der Waals surface area contributed by atoms with Gasteiger partial charge in [-0.05, 0) is 55.2 Å². The van der Waals surface area contributed by atoms with Gasteiger partial charge in [-0.3, -0.25) is 0 Å². The highest BCUT2D eigenvalue weighted by Crippen LogP contribution is 2.29. The maximum Gasteiger partial charge on any atom is 0.180 e. The molecule has 1 aromatic heterocycles. The third kappa shape index (κ3) is 4.19. The number of anilines is 1. The van der Waals surface area contributed by atoms with Gasteiger partial charge in [0.05, 0.1) is 22.8 Å². The van der Waals surface area contributed by atoms with E-state index in [0.717, 1.165) is 39.8 Å². The Kier molecular flexibility index (Phi) is 5.77. The molecule has 0 bridgehead atoms. The van der Waals surface area contributed by atoms with Gasteiger partial charge in [-0.15, -0.1) is 0 Å². The van der Waals surface area contributed by atoms with Gasteiger partial charge in [0.1, 0.15) is 5.82 Å². The van der Waals surface area contributed by atoms with Gasteiger partial charge in [-0.25, -0.2) is 13.4 Å². The largest absolute Gasteiger partial charge is 0.395 e. The number of aliphatic hydroxyl groups is 1. The highest BCUT2D eigenvalue weighted by molar-refractivity contribution is 7.91. The van der Waals surface area contributed by atoms with Gasteiger partial charge in [0, 0.05) is 24.5 Å². The molecular weight excluding hydrogens is 398 g/mol. The lowest BCUT2D eigenvalue weighted by atomic mass is 10.00. The fraction of sp³-hybridized carbons (Fsp3) is 0.348. The molecule has 0 radical (unpaired) electrons. The van der Waals surface area contributed by atoms with Crippen LogP contribution in [-0.2, 0) is 22.8 Å². The van der Waals surface area contributed by atoms with Gasteiger partial charge in [0.15, 0.2) is 9.84 Å². The minimum absolute atomic E-state index is 0.0460. The number of aliphatic hydroxyl groups excluding tert-OH is 1. The first-order chi connectivity index (χ1) is 14.4. The van der Waals surface area contributed by atoms with Gasteiger partial charge >= 0.3 is 0 Å². The second-order valence-electron chi connectivity index (χ2n) is 7.99. The fourth-order valence-corrected chi connectivity index (χ4v) is 5.45. The van der Waals surface area contributed by atoms with E-state index in [0.29, 0.717) is 24.4 Å². The van der Waals surface area contributed by atoms with Gasteiger partial charge in [0.2, 0.25) is 0 Å². The lowest BCUT2D eigenvalue weighted by Crippen LogP contribution is -2.27. The van der Waals surface area contributed by atoms with E-state index < -0.39 is 9.84 Å². The van der Waals surface area contributed by atoms with Crippen molar-refractivity contribution in [2.75, 3.05) is 23.8 Å². The van der Waals surface area contributed by atoms with Gasteiger partial charge < -0.3 is 15.7 Å². The number of hydrogen-bond donors (Lipinski definition) is 2. The van der Waals surface area contributed by atoms with Gasteiger partial charge in [0.25, 0.3) is 0 Å². The van der Waals surface area contributed by atoms with Crippen LogP contribution in [0.15, 0.2) is 53.4 Å². The van der Waals surface area contributed by atoms with Crippen molar-refractivity contribution in [3.63, 3.8) is 0 Å². The van der Waals surface area contributed by atoms with E-state index in [2.05, 4.69) is 6.07 Å². The molecule has 30 heavy (non-hydrogen) atoms. The Morgan fingerprint density at radius 1 is 1.20 bits per heavy atom. The van der Waals surface area contributed by atoms with Crippen molar-refractivity contribution in [1.82, 2.24) is 4.98 Å². The van der Waals surface area contributed by atoms with E-state index in [1.807, 2.05) is 42.2 Å². The molecule has 2 aromatic carbocycles. The van der Waals surface area contributed by atoms with Crippen molar-refractivity contribution in [3.8, 4) is 0 Å². The summed E-state index contributed by atoms with van der Waals surface area (Å²) in [4.78, 5) is 7.32. The molecule has 3 N–H and O–H groups in total. The van der Waals surface area contributed by atoms with Crippen LogP contribution in [-0.4, -0.2) is 43.5 Å². The van der Waals surface area contributed by atoms with Crippen molar-refractivity contribution in [1.29, 1.82) is 0 Å². The quantitative estimate of drug-likeness (QED) is 0.652. The highest BCUT2D eigenvalue weighted by atomic mass is 32.2. The number of pyridine rings is 1. The van der Waals surface area contributed by atoms with Crippen LogP contribution in [0.5, 0.6) is 0 Å². The van der Waals surface area contributed by atoms with Crippen molar-refractivity contribution in [2.45, 2.75) is 37.2 Å². The van der Waals surface area contributed by atoms with E-state index in [1.54, 1.807) is 12.1 Å². The van der Waals surface area contributed by atoms with Crippen LogP contribution in [0.25, 0.3) is 10.9 Å². The fourth-order valence-electron chi connectivity index (χ4n) is 3.95. The van der Waals surface area contributed by atoms with Crippen LogP contribution < -0.4 is 10.6 Å². The molecule has 1 unspecified atom stereocenters. The summed E-state index contributed by atoms with van der Waals surface area (Å²) in [5.41, 5.74) is 9.88. The Labute approximate surface area is 177 Å². The second-order valence-corrected chi connectivity index (χ2v) is 10.1. The normalized spacial score (nSPS) is 16.8. The summed E-state index contributed by atoms with van der Waals surface area (Å²) < 4.78 is 25.4. The summed E-state index contributed by atoms with van der Waals surface area (Å²) in [6, 6.07) is 15.1. The maximum atomic E-state index is 12.7. The SMILES string of the molecule is Cc1ccc2nc(N3CCS(=O)(=O)c4ccccc4C3)cc(CCC(N)CO)c2c1. The van der Waals surface area contributed by atoms with E-state index in [1.165, 1.54) is 0 Å². The molecule has 3 aromatic rings. The smallest absolute Gasteiger partial charge is 0.180 e. The van der Waals surface area contributed by atoms with Crippen molar-refractivity contribution < 1.29 is 13.5 Å². The number of benzene rings is 2. The molecule has 7 heteroatoms. The zero-order chi connectivity index (χ0) is 21.3. The summed E-state index contributed by atoms with van der Waals surface area (Å²) in [7, 11) is -3.32. The van der Waals surface area contributed by atoms with Crippen molar-refractivity contribution in [3.05, 3.63) is 65.2 Å². The monoisotopic (exact) mass is 425 g/mol. The maximum absolute atomic E-state index is 12.7. The molecule has 158 valence electrons. The first kappa shape index (κ1) is 20.8. The Bertz CT molecular complexity index is 1180. The standard InChI is InChI=1S/C23H27N3O3S/c1-16-6-9-21-20(12-16)17(7-8-19(24)15-27)13-23(25-21)26-10-11-30(28,29)22-5-3-2-4-18(22)14-26/h2-6,9,12-13,19,27H,7-8,10-11,14-15,24H2,1H3. The third-order valence-electron chi connectivity index (χ3n) is 5.68. The number of nitrogens with two attached hydrogens (primary N) is 1. The van der Waals surface area contributed by atoms with Gasteiger partial charge in [-0.2, -0.15) is 0 Å². The predicted molar refractivity (Wildman–Crippen MR) is 119 cm³/mol. The number of fused-ring (bicyclic) bond motifs is 2. The summed E-state index contributed by atoms with van der Waals surface area (Å²) in [5.74, 6) is 0.827. The Hall–Kier alpha value is -2.48. The first-order valence-electron chi connectivity index (χ1n) is 10.2. The number of hydrogen-bond acceptors (Lipinski definition) is 6. The number of aromatic nitrogens is 1. The lowest BCUT2D eigenvalue weighted by Gasteiger charge is -2.23. The molecule has 1 atom stereocenters. The molecule has 2 heterocycles. The van der Waals surface area contributed by atoms with E-state index in [-0.39, 0.29) is 18.4 Å². The van der Waals surface area contributed by atoms with Crippen LogP contribution in [0.4, 0.5) is 5.82 Å². The Morgan fingerprint density at radius 2 is 2.00 bits per heavy atom. The molecule has 0 saturated carbocycles. The van der Waals surface area contributed by atoms with E-state index in [9.17, 15) is 13.5 Å². The molecule has 0 saturated heterocycles. The molecule has 6 nitrogen and oxygen atoms in total. The van der Waals surface area contributed by atoms with Gasteiger partial charge in [-0.1, -0.05) is 29.8 Å². The number of rotatable bonds is 5. The Morgan fingerprint density at radius 3 is 2.80 bits per heavy atom. The van der Waals surface area contributed by atoms with Crippen molar-refractivity contribution >= 4 is 26.6 Å². The Balaban J connectivity index is 1.76. The lowest BCUT2D eigenvalue weighted by molar-refractivity contribution is 0.260. The van der Waals surface area contributed by atoms with Crippen LogP contribution in [0.1, 0.15) is 23.1 Å². The summed E-state index contributed by atoms with van der Waals surface area (Å²) in [5, 5.41) is 10.4. The minimum atomic E-state index is -3.32. The molecular formula is C23H27N3O3S. The molecule has 1 aliphatic heterocycles. The van der Waals surface area contributed by atoms with Crippen LogP contribution in [0.2, 0.25) is 0 Å². The van der Waals surface area contributed by atoms with E-state index in [4.69, 9.17) is 10.7 Å².